The molecule has 0 saturated carbocycles. The van der Waals surface area contributed by atoms with Crippen LogP contribution in [0.3, 0.4) is 0 Å². The van der Waals surface area contributed by atoms with Gasteiger partial charge >= 0.3 is 0 Å². The molecular formula is C18H16Br2O5. The van der Waals surface area contributed by atoms with Crippen LogP contribution in [-0.4, -0.2) is 34.8 Å². The van der Waals surface area contributed by atoms with E-state index in [9.17, 15) is 15.0 Å². The predicted molar refractivity (Wildman–Crippen MR) is 99.5 cm³/mol. The maximum Gasteiger partial charge on any atom is 0.203 e. The standard InChI is InChI=1S/C18H16Br2O5/c1-9-12(7-15(25-9)18-17(23)14(21)8-24-18)16(22)13(20)6-10-2-4-11(19)5-3-10/h2-7,14,17-18,21,23H,8H2,1H3/b13-6-/t14-,17-,18?/m1/s1. The van der Waals surface area contributed by atoms with Crippen molar-refractivity contribution in [3.05, 3.63) is 61.9 Å². The molecular weight excluding hydrogens is 456 g/mol. The molecule has 3 atom stereocenters. The van der Waals surface area contributed by atoms with Gasteiger partial charge < -0.3 is 19.4 Å². The number of hydrogen-bond acceptors (Lipinski definition) is 5. The Balaban J connectivity index is 1.84. The van der Waals surface area contributed by atoms with Gasteiger partial charge in [-0.15, -0.1) is 0 Å². The minimum absolute atomic E-state index is 0.0298. The Kier molecular flexibility index (Phi) is 5.60. The van der Waals surface area contributed by atoms with Crippen molar-refractivity contribution in [2.45, 2.75) is 25.2 Å². The van der Waals surface area contributed by atoms with E-state index < -0.39 is 18.3 Å². The van der Waals surface area contributed by atoms with Crippen molar-refractivity contribution in [3.63, 3.8) is 0 Å². The van der Waals surface area contributed by atoms with Crippen molar-refractivity contribution < 1.29 is 24.2 Å². The first-order valence-electron chi connectivity index (χ1n) is 7.62. The van der Waals surface area contributed by atoms with Gasteiger partial charge in [-0.1, -0.05) is 28.1 Å². The van der Waals surface area contributed by atoms with Crippen LogP contribution in [0.15, 0.2) is 43.7 Å². The molecule has 1 aromatic heterocycles. The summed E-state index contributed by atoms with van der Waals surface area (Å²) in [5.41, 5.74) is 1.26. The van der Waals surface area contributed by atoms with Crippen molar-refractivity contribution in [2.24, 2.45) is 0 Å². The fourth-order valence-corrected chi connectivity index (χ4v) is 3.36. The van der Waals surface area contributed by atoms with Crippen molar-refractivity contribution in [3.8, 4) is 0 Å². The lowest BCUT2D eigenvalue weighted by Gasteiger charge is -2.11. The summed E-state index contributed by atoms with van der Waals surface area (Å²) in [6, 6.07) is 9.11. The molecule has 0 radical (unpaired) electrons. The second-order valence-electron chi connectivity index (χ2n) is 5.80. The molecule has 1 aliphatic rings. The number of rotatable bonds is 4. The van der Waals surface area contributed by atoms with Gasteiger partial charge in [0.1, 0.15) is 29.8 Å². The molecule has 1 aromatic carbocycles. The quantitative estimate of drug-likeness (QED) is 0.524. The monoisotopic (exact) mass is 470 g/mol. The summed E-state index contributed by atoms with van der Waals surface area (Å²) < 4.78 is 12.3. The number of Topliss-reactive ketones (excluding diaryl/α,β-unsaturated/α-hetero) is 1. The molecule has 2 N–H and O–H groups in total. The number of hydrogen-bond donors (Lipinski definition) is 2. The van der Waals surface area contributed by atoms with E-state index in [0.29, 0.717) is 21.6 Å². The van der Waals surface area contributed by atoms with Crippen LogP contribution in [0.2, 0.25) is 0 Å². The first kappa shape index (κ1) is 18.5. The molecule has 2 aromatic rings. The summed E-state index contributed by atoms with van der Waals surface area (Å²) in [5, 5.41) is 19.5. The number of ketones is 1. The molecule has 2 heterocycles. The third kappa shape index (κ3) is 3.96. The number of allylic oxidation sites excluding steroid dienone is 1. The highest BCUT2D eigenvalue weighted by atomic mass is 79.9. The molecule has 25 heavy (non-hydrogen) atoms. The zero-order chi connectivity index (χ0) is 18.1. The lowest BCUT2D eigenvalue weighted by atomic mass is 10.1. The Hall–Kier alpha value is -1.25. The van der Waals surface area contributed by atoms with E-state index in [2.05, 4.69) is 31.9 Å². The Morgan fingerprint density at radius 1 is 1.28 bits per heavy atom. The first-order valence-corrected chi connectivity index (χ1v) is 9.21. The topological polar surface area (TPSA) is 79.9 Å². The molecule has 0 amide bonds. The van der Waals surface area contributed by atoms with Gasteiger partial charge in [0.2, 0.25) is 5.78 Å². The van der Waals surface area contributed by atoms with Crippen LogP contribution >= 0.6 is 31.9 Å². The van der Waals surface area contributed by atoms with E-state index in [1.54, 1.807) is 19.1 Å². The van der Waals surface area contributed by atoms with Crippen molar-refractivity contribution in [1.82, 2.24) is 0 Å². The number of aliphatic hydroxyl groups is 2. The number of ether oxygens (including phenoxy) is 1. The summed E-state index contributed by atoms with van der Waals surface area (Å²) in [5.74, 6) is 0.524. The van der Waals surface area contributed by atoms with Gasteiger partial charge in [0.15, 0.2) is 0 Å². The fraction of sp³-hybridized carbons (Fsp3) is 0.278. The van der Waals surface area contributed by atoms with Gasteiger partial charge in [0.05, 0.1) is 16.7 Å². The Labute approximate surface area is 161 Å². The highest BCUT2D eigenvalue weighted by Gasteiger charge is 2.38. The summed E-state index contributed by atoms with van der Waals surface area (Å²) in [6.07, 6.45) is -1.08. The Bertz CT molecular complexity index is 809. The molecule has 3 rings (SSSR count). The van der Waals surface area contributed by atoms with Crippen molar-refractivity contribution in [2.75, 3.05) is 6.61 Å². The summed E-state index contributed by atoms with van der Waals surface area (Å²) in [7, 11) is 0. The molecule has 132 valence electrons. The highest BCUT2D eigenvalue weighted by molar-refractivity contribution is 9.12. The second kappa shape index (κ2) is 7.55. The first-order chi connectivity index (χ1) is 11.9. The minimum Gasteiger partial charge on any atom is -0.463 e. The SMILES string of the molecule is Cc1oc(C2OC[C@@H](O)[C@H]2O)cc1C(=O)/C(Br)=C/c1ccc(Br)cc1. The highest BCUT2D eigenvalue weighted by Crippen LogP contribution is 2.33. The predicted octanol–water partition coefficient (Wildman–Crippen LogP) is 3.76. The van der Waals surface area contributed by atoms with Gasteiger partial charge in [-0.3, -0.25) is 4.79 Å². The molecule has 0 aliphatic carbocycles. The summed E-state index contributed by atoms with van der Waals surface area (Å²) >= 11 is 6.69. The lowest BCUT2D eigenvalue weighted by molar-refractivity contribution is 0.0117. The van der Waals surface area contributed by atoms with E-state index in [-0.39, 0.29) is 12.4 Å². The van der Waals surface area contributed by atoms with Crippen LogP contribution < -0.4 is 0 Å². The van der Waals surface area contributed by atoms with E-state index in [1.165, 1.54) is 0 Å². The normalized spacial score (nSPS) is 23.9. The molecule has 0 spiro atoms. The summed E-state index contributed by atoms with van der Waals surface area (Å²) in [6.45, 7) is 1.70. The molecule has 7 heteroatoms. The van der Waals surface area contributed by atoms with Gasteiger partial charge in [-0.2, -0.15) is 0 Å². The van der Waals surface area contributed by atoms with Gasteiger partial charge in [0.25, 0.3) is 0 Å². The lowest BCUT2D eigenvalue weighted by Crippen LogP contribution is -2.24. The van der Waals surface area contributed by atoms with Crippen LogP contribution in [0.5, 0.6) is 0 Å². The smallest absolute Gasteiger partial charge is 0.203 e. The van der Waals surface area contributed by atoms with Gasteiger partial charge in [-0.05, 0) is 52.7 Å². The molecule has 1 fully saturated rings. The van der Waals surface area contributed by atoms with Crippen LogP contribution in [-0.2, 0) is 4.74 Å². The third-order valence-electron chi connectivity index (χ3n) is 3.99. The van der Waals surface area contributed by atoms with Crippen molar-refractivity contribution in [1.29, 1.82) is 0 Å². The number of halogens is 2. The van der Waals surface area contributed by atoms with E-state index >= 15 is 0 Å². The van der Waals surface area contributed by atoms with Gasteiger partial charge in [0, 0.05) is 4.47 Å². The number of aryl methyl sites for hydroxylation is 1. The zero-order valence-corrected chi connectivity index (χ0v) is 16.5. The van der Waals surface area contributed by atoms with Crippen LogP contribution in [0.4, 0.5) is 0 Å². The largest absolute Gasteiger partial charge is 0.463 e. The zero-order valence-electron chi connectivity index (χ0n) is 13.3. The Morgan fingerprint density at radius 2 is 1.96 bits per heavy atom. The number of benzene rings is 1. The number of aliphatic hydroxyl groups excluding tert-OH is 2. The molecule has 0 bridgehead atoms. The molecule has 1 saturated heterocycles. The average molecular weight is 472 g/mol. The van der Waals surface area contributed by atoms with Gasteiger partial charge in [-0.25, -0.2) is 0 Å². The summed E-state index contributed by atoms with van der Waals surface area (Å²) in [4.78, 5) is 12.7. The second-order valence-corrected chi connectivity index (χ2v) is 7.57. The third-order valence-corrected chi connectivity index (χ3v) is 5.11. The van der Waals surface area contributed by atoms with E-state index in [1.807, 2.05) is 24.3 Å². The van der Waals surface area contributed by atoms with Crippen molar-refractivity contribution >= 4 is 43.7 Å². The fourth-order valence-electron chi connectivity index (χ4n) is 2.62. The van der Waals surface area contributed by atoms with Crippen LogP contribution in [0.1, 0.15) is 33.5 Å². The number of carbonyl (C=O) groups excluding carboxylic acids is 1. The maximum atomic E-state index is 12.7. The van der Waals surface area contributed by atoms with E-state index in [0.717, 1.165) is 10.0 Å². The maximum absolute atomic E-state index is 12.7. The number of furan rings is 1. The van der Waals surface area contributed by atoms with Crippen LogP contribution in [0, 0.1) is 6.92 Å². The molecule has 1 unspecified atom stereocenters. The number of carbonyl (C=O) groups is 1. The average Bonchev–Trinajstić information content (AvgIpc) is 3.12. The Morgan fingerprint density at radius 3 is 2.56 bits per heavy atom. The van der Waals surface area contributed by atoms with E-state index in [4.69, 9.17) is 9.15 Å². The minimum atomic E-state index is -1.07. The molecule has 5 nitrogen and oxygen atoms in total. The van der Waals surface area contributed by atoms with Crippen LogP contribution in [0.25, 0.3) is 6.08 Å². The molecule has 1 aliphatic heterocycles.